The third-order valence-corrected chi connectivity index (χ3v) is 7.99. The number of fused-ring (bicyclic) bond motifs is 1. The molecule has 0 spiro atoms. The fraction of sp³-hybridized carbons (Fsp3) is 0.522. The van der Waals surface area contributed by atoms with E-state index in [0.717, 1.165) is 41.8 Å². The largest absolute Gasteiger partial charge is 0.481 e. The number of aromatic amines is 1. The Hall–Kier alpha value is -2.76. The maximum absolute atomic E-state index is 12.0. The molecular weight excluding hydrogens is 456 g/mol. The summed E-state index contributed by atoms with van der Waals surface area (Å²) in [5.41, 5.74) is 2.50. The first kappa shape index (κ1) is 23.0. The number of piperidine rings is 1. The van der Waals surface area contributed by atoms with E-state index in [0.29, 0.717) is 43.7 Å². The molecule has 2 saturated heterocycles. The summed E-state index contributed by atoms with van der Waals surface area (Å²) in [4.78, 5) is 19.9. The SMILES string of the molecule is COc1cc(-c2nc(C3CCN(S(C)(=O)=O)CC3)cc(N3CCOC[C@H]3C)n2)c2cc[nH]c2n1. The molecule has 5 heterocycles. The Kier molecular flexibility index (Phi) is 6.17. The van der Waals surface area contributed by atoms with E-state index in [4.69, 9.17) is 19.4 Å². The van der Waals surface area contributed by atoms with E-state index in [1.165, 1.54) is 6.26 Å². The number of nitrogens with zero attached hydrogens (tertiary/aromatic N) is 5. The zero-order valence-electron chi connectivity index (χ0n) is 19.7. The highest BCUT2D eigenvalue weighted by Crippen LogP contribution is 2.34. The number of rotatable bonds is 5. The van der Waals surface area contributed by atoms with Crippen LogP contribution in [0.3, 0.4) is 0 Å². The maximum atomic E-state index is 12.0. The molecule has 2 aliphatic heterocycles. The topological polar surface area (TPSA) is 114 Å². The van der Waals surface area contributed by atoms with Crippen molar-refractivity contribution in [3.05, 3.63) is 30.1 Å². The van der Waals surface area contributed by atoms with Crippen molar-refractivity contribution in [2.75, 3.05) is 51.1 Å². The van der Waals surface area contributed by atoms with Gasteiger partial charge in [0.1, 0.15) is 11.5 Å². The molecule has 34 heavy (non-hydrogen) atoms. The summed E-state index contributed by atoms with van der Waals surface area (Å²) in [6.07, 6.45) is 4.56. The minimum atomic E-state index is -3.19. The van der Waals surface area contributed by atoms with Crippen molar-refractivity contribution in [2.24, 2.45) is 0 Å². The summed E-state index contributed by atoms with van der Waals surface area (Å²) < 4.78 is 36.6. The number of pyridine rings is 1. The highest BCUT2D eigenvalue weighted by molar-refractivity contribution is 7.88. The predicted octanol–water partition coefficient (Wildman–Crippen LogP) is 2.39. The normalized spacial score (nSPS) is 20.7. The second-order valence-electron chi connectivity index (χ2n) is 8.98. The van der Waals surface area contributed by atoms with Gasteiger partial charge >= 0.3 is 0 Å². The van der Waals surface area contributed by atoms with Crippen LogP contribution >= 0.6 is 0 Å². The minimum absolute atomic E-state index is 0.153. The number of sulfonamides is 1. The van der Waals surface area contributed by atoms with Gasteiger partial charge in [-0.3, -0.25) is 0 Å². The van der Waals surface area contributed by atoms with Crippen molar-refractivity contribution in [3.8, 4) is 17.3 Å². The van der Waals surface area contributed by atoms with Crippen molar-refractivity contribution >= 4 is 26.9 Å². The van der Waals surface area contributed by atoms with Gasteiger partial charge in [-0.25, -0.2) is 22.7 Å². The number of anilines is 1. The lowest BCUT2D eigenvalue weighted by atomic mass is 9.94. The van der Waals surface area contributed by atoms with Crippen LogP contribution in [0.5, 0.6) is 5.88 Å². The molecule has 2 fully saturated rings. The molecule has 182 valence electrons. The monoisotopic (exact) mass is 486 g/mol. The number of hydrogen-bond donors (Lipinski definition) is 1. The standard InChI is InChI=1S/C23H30N6O4S/c1-15-14-33-11-10-29(15)20-13-19(16-5-8-28(9-6-16)34(3,30)31)25-23(26-20)18-12-21(32-2)27-22-17(18)4-7-24-22/h4,7,12-13,15-16H,5-6,8-11,14H2,1-3H3,(H,24,27)/t15-/m1/s1. The number of ether oxygens (including phenoxy) is 2. The molecule has 3 aromatic rings. The summed E-state index contributed by atoms with van der Waals surface area (Å²) in [6.45, 7) is 5.17. The fourth-order valence-corrected chi connectivity index (χ4v) is 5.66. The van der Waals surface area contributed by atoms with Gasteiger partial charge < -0.3 is 19.4 Å². The van der Waals surface area contributed by atoms with Crippen LogP contribution in [0.2, 0.25) is 0 Å². The maximum Gasteiger partial charge on any atom is 0.215 e. The van der Waals surface area contributed by atoms with Crippen LogP contribution in [0.25, 0.3) is 22.4 Å². The quantitative estimate of drug-likeness (QED) is 0.585. The molecule has 0 aromatic carbocycles. The van der Waals surface area contributed by atoms with Crippen molar-refractivity contribution < 1.29 is 17.9 Å². The number of methoxy groups -OCH3 is 1. The molecule has 0 amide bonds. The highest BCUT2D eigenvalue weighted by atomic mass is 32.2. The zero-order valence-corrected chi connectivity index (χ0v) is 20.5. The van der Waals surface area contributed by atoms with E-state index in [1.54, 1.807) is 11.4 Å². The van der Waals surface area contributed by atoms with Crippen LogP contribution in [0.15, 0.2) is 24.4 Å². The van der Waals surface area contributed by atoms with Crippen molar-refractivity contribution in [2.45, 2.75) is 31.7 Å². The second kappa shape index (κ2) is 9.12. The molecule has 0 bridgehead atoms. The number of nitrogens with one attached hydrogen (secondary N) is 1. The van der Waals surface area contributed by atoms with Gasteiger partial charge in [-0.05, 0) is 25.8 Å². The van der Waals surface area contributed by atoms with Crippen molar-refractivity contribution in [3.63, 3.8) is 0 Å². The summed E-state index contributed by atoms with van der Waals surface area (Å²) in [7, 11) is -1.59. The molecule has 0 radical (unpaired) electrons. The molecule has 5 rings (SSSR count). The number of H-pyrrole nitrogens is 1. The van der Waals surface area contributed by atoms with Gasteiger partial charge in [0.25, 0.3) is 0 Å². The first-order valence-corrected chi connectivity index (χ1v) is 13.4. The Morgan fingerprint density at radius 2 is 1.94 bits per heavy atom. The van der Waals surface area contributed by atoms with E-state index < -0.39 is 10.0 Å². The van der Waals surface area contributed by atoms with Crippen LogP contribution in [0.1, 0.15) is 31.4 Å². The van der Waals surface area contributed by atoms with Crippen molar-refractivity contribution in [1.82, 2.24) is 24.2 Å². The van der Waals surface area contributed by atoms with Crippen molar-refractivity contribution in [1.29, 1.82) is 0 Å². The van der Waals surface area contributed by atoms with E-state index in [2.05, 4.69) is 27.9 Å². The van der Waals surface area contributed by atoms with Gasteiger partial charge in [0, 0.05) is 60.5 Å². The van der Waals surface area contributed by atoms with E-state index >= 15 is 0 Å². The molecule has 11 heteroatoms. The summed E-state index contributed by atoms with van der Waals surface area (Å²) in [6, 6.07) is 6.09. The summed E-state index contributed by atoms with van der Waals surface area (Å²) in [5, 5.41) is 0.922. The Morgan fingerprint density at radius 1 is 1.15 bits per heavy atom. The van der Waals surface area contributed by atoms with E-state index in [1.807, 2.05) is 18.3 Å². The Balaban J connectivity index is 1.59. The highest BCUT2D eigenvalue weighted by Gasteiger charge is 2.29. The third-order valence-electron chi connectivity index (χ3n) is 6.69. The lowest BCUT2D eigenvalue weighted by molar-refractivity contribution is 0.0985. The van der Waals surface area contributed by atoms with Crippen LogP contribution < -0.4 is 9.64 Å². The van der Waals surface area contributed by atoms with Gasteiger partial charge in [-0.2, -0.15) is 4.98 Å². The molecule has 1 atom stereocenters. The fourth-order valence-electron chi connectivity index (χ4n) is 4.78. The predicted molar refractivity (Wildman–Crippen MR) is 130 cm³/mol. The lowest BCUT2D eigenvalue weighted by Gasteiger charge is -2.35. The average Bonchev–Trinajstić information content (AvgIpc) is 3.31. The molecule has 0 saturated carbocycles. The second-order valence-corrected chi connectivity index (χ2v) is 11.0. The van der Waals surface area contributed by atoms with Crippen LogP contribution in [-0.2, 0) is 14.8 Å². The average molecular weight is 487 g/mol. The molecule has 0 aliphatic carbocycles. The van der Waals surface area contributed by atoms with Gasteiger partial charge in [-0.1, -0.05) is 0 Å². The third kappa shape index (κ3) is 4.47. The summed E-state index contributed by atoms with van der Waals surface area (Å²) in [5.74, 6) is 2.12. The minimum Gasteiger partial charge on any atom is -0.481 e. The Morgan fingerprint density at radius 3 is 2.65 bits per heavy atom. The number of aromatic nitrogens is 4. The Bertz CT molecular complexity index is 1290. The van der Waals surface area contributed by atoms with Gasteiger partial charge in [0.2, 0.25) is 15.9 Å². The van der Waals surface area contributed by atoms with Gasteiger partial charge in [-0.15, -0.1) is 0 Å². The molecule has 2 aliphatic rings. The molecule has 0 unspecified atom stereocenters. The molecule has 10 nitrogen and oxygen atoms in total. The Labute approximate surface area is 199 Å². The molecule has 3 aromatic heterocycles. The van der Waals surface area contributed by atoms with Gasteiger partial charge in [0.15, 0.2) is 5.82 Å². The van der Waals surface area contributed by atoms with Gasteiger partial charge in [0.05, 0.1) is 32.6 Å². The summed E-state index contributed by atoms with van der Waals surface area (Å²) >= 11 is 0. The van der Waals surface area contributed by atoms with Crippen LogP contribution in [-0.4, -0.2) is 84.9 Å². The van der Waals surface area contributed by atoms with E-state index in [-0.39, 0.29) is 12.0 Å². The molecular formula is C23H30N6O4S. The number of morpholine rings is 1. The van der Waals surface area contributed by atoms with Crippen LogP contribution in [0.4, 0.5) is 5.82 Å². The smallest absolute Gasteiger partial charge is 0.215 e. The molecule has 1 N–H and O–H groups in total. The first-order chi connectivity index (χ1) is 16.3. The lowest BCUT2D eigenvalue weighted by Crippen LogP contribution is -2.44. The van der Waals surface area contributed by atoms with Crippen LogP contribution in [0, 0.1) is 0 Å². The zero-order chi connectivity index (χ0) is 23.9. The first-order valence-electron chi connectivity index (χ1n) is 11.5. The number of hydrogen-bond acceptors (Lipinski definition) is 8. The van der Waals surface area contributed by atoms with E-state index in [9.17, 15) is 8.42 Å².